The first-order valence-electron chi connectivity index (χ1n) is 7.57. The standard InChI is InChI=1S/C17H26N2O.ClH/c1-12-7-9-14(10-8-12)15-5-4-6-16(15)19(3)17(20)11-13(2)18;/h7-10,13,15-16H,4-6,11,18H2,1-3H3;1H. The van der Waals surface area contributed by atoms with Gasteiger partial charge in [0.15, 0.2) is 0 Å². The minimum Gasteiger partial charge on any atom is -0.342 e. The molecule has 21 heavy (non-hydrogen) atoms. The second-order valence-electron chi connectivity index (χ2n) is 6.20. The molecule has 0 bridgehead atoms. The van der Waals surface area contributed by atoms with Crippen LogP contribution in [-0.2, 0) is 4.79 Å². The molecule has 2 rings (SSSR count). The molecule has 1 aliphatic rings. The maximum absolute atomic E-state index is 12.2. The van der Waals surface area contributed by atoms with Gasteiger partial charge in [0, 0.05) is 31.5 Å². The highest BCUT2D eigenvalue weighted by Gasteiger charge is 2.33. The lowest BCUT2D eigenvalue weighted by molar-refractivity contribution is -0.132. The number of amides is 1. The Kier molecular flexibility index (Phi) is 6.69. The third kappa shape index (κ3) is 4.45. The molecule has 1 saturated carbocycles. The molecule has 0 heterocycles. The molecule has 0 saturated heterocycles. The van der Waals surface area contributed by atoms with E-state index in [1.54, 1.807) is 0 Å². The van der Waals surface area contributed by atoms with Gasteiger partial charge in [-0.1, -0.05) is 36.2 Å². The molecule has 0 aromatic heterocycles. The number of aryl methyl sites for hydroxylation is 1. The first-order chi connectivity index (χ1) is 9.49. The second kappa shape index (κ2) is 7.81. The SMILES string of the molecule is Cc1ccc(C2CCCC2N(C)C(=O)CC(C)N)cc1.Cl. The van der Waals surface area contributed by atoms with Gasteiger partial charge in [0.1, 0.15) is 0 Å². The Hall–Kier alpha value is -1.06. The number of likely N-dealkylation sites (N-methyl/N-ethyl adjacent to an activating group) is 1. The summed E-state index contributed by atoms with van der Waals surface area (Å²) in [5.74, 6) is 0.640. The van der Waals surface area contributed by atoms with Crippen molar-refractivity contribution in [2.45, 2.75) is 57.5 Å². The average Bonchev–Trinajstić information content (AvgIpc) is 2.87. The highest BCUT2D eigenvalue weighted by Crippen LogP contribution is 2.37. The Morgan fingerprint density at radius 3 is 2.52 bits per heavy atom. The number of halogens is 1. The van der Waals surface area contributed by atoms with Crippen LogP contribution in [0.4, 0.5) is 0 Å². The number of carbonyl (C=O) groups excluding carboxylic acids is 1. The molecule has 118 valence electrons. The summed E-state index contributed by atoms with van der Waals surface area (Å²) in [7, 11) is 1.93. The summed E-state index contributed by atoms with van der Waals surface area (Å²) in [4.78, 5) is 14.1. The average molecular weight is 311 g/mol. The van der Waals surface area contributed by atoms with Gasteiger partial charge < -0.3 is 10.6 Å². The lowest BCUT2D eigenvalue weighted by atomic mass is 9.92. The zero-order chi connectivity index (χ0) is 14.7. The smallest absolute Gasteiger partial charge is 0.224 e. The van der Waals surface area contributed by atoms with E-state index in [0.29, 0.717) is 18.4 Å². The Morgan fingerprint density at radius 1 is 1.33 bits per heavy atom. The summed E-state index contributed by atoms with van der Waals surface area (Å²) in [6, 6.07) is 9.00. The molecule has 3 atom stereocenters. The van der Waals surface area contributed by atoms with E-state index in [1.807, 2.05) is 18.9 Å². The first kappa shape index (κ1) is 18.0. The molecule has 3 unspecified atom stereocenters. The van der Waals surface area contributed by atoms with Gasteiger partial charge >= 0.3 is 0 Å². The van der Waals surface area contributed by atoms with Gasteiger partial charge in [-0.25, -0.2) is 0 Å². The van der Waals surface area contributed by atoms with Gasteiger partial charge in [-0.05, 0) is 32.3 Å². The predicted molar refractivity (Wildman–Crippen MR) is 89.8 cm³/mol. The minimum absolute atomic E-state index is 0. The summed E-state index contributed by atoms with van der Waals surface area (Å²) in [5, 5.41) is 0. The Morgan fingerprint density at radius 2 is 1.95 bits per heavy atom. The summed E-state index contributed by atoms with van der Waals surface area (Å²) < 4.78 is 0. The lowest BCUT2D eigenvalue weighted by Gasteiger charge is -2.30. The number of nitrogens with two attached hydrogens (primary N) is 1. The lowest BCUT2D eigenvalue weighted by Crippen LogP contribution is -2.40. The number of carbonyl (C=O) groups is 1. The van der Waals surface area contributed by atoms with E-state index in [4.69, 9.17) is 5.73 Å². The molecular formula is C17H27ClN2O. The number of nitrogens with zero attached hydrogens (tertiary/aromatic N) is 1. The van der Waals surface area contributed by atoms with Crippen molar-refractivity contribution in [3.05, 3.63) is 35.4 Å². The summed E-state index contributed by atoms with van der Waals surface area (Å²) >= 11 is 0. The van der Waals surface area contributed by atoms with Crippen LogP contribution in [0.25, 0.3) is 0 Å². The number of rotatable bonds is 4. The molecule has 1 amide bonds. The van der Waals surface area contributed by atoms with Crippen molar-refractivity contribution >= 4 is 18.3 Å². The first-order valence-corrected chi connectivity index (χ1v) is 7.57. The van der Waals surface area contributed by atoms with Gasteiger partial charge in [-0.2, -0.15) is 0 Å². The van der Waals surface area contributed by atoms with Crippen molar-refractivity contribution in [2.75, 3.05) is 7.05 Å². The van der Waals surface area contributed by atoms with Crippen LogP contribution in [0.2, 0.25) is 0 Å². The van der Waals surface area contributed by atoms with Crippen LogP contribution in [0.5, 0.6) is 0 Å². The van der Waals surface area contributed by atoms with E-state index >= 15 is 0 Å². The summed E-state index contributed by atoms with van der Waals surface area (Å²) in [5.41, 5.74) is 8.39. The van der Waals surface area contributed by atoms with E-state index in [0.717, 1.165) is 6.42 Å². The van der Waals surface area contributed by atoms with Gasteiger partial charge in [-0.3, -0.25) is 4.79 Å². The highest BCUT2D eigenvalue weighted by molar-refractivity contribution is 5.85. The van der Waals surface area contributed by atoms with Crippen LogP contribution in [0.3, 0.4) is 0 Å². The van der Waals surface area contributed by atoms with Crippen molar-refractivity contribution in [1.29, 1.82) is 0 Å². The molecule has 1 fully saturated rings. The van der Waals surface area contributed by atoms with Crippen molar-refractivity contribution < 1.29 is 4.79 Å². The van der Waals surface area contributed by atoms with Crippen LogP contribution in [-0.4, -0.2) is 29.9 Å². The molecular weight excluding hydrogens is 284 g/mol. The summed E-state index contributed by atoms with van der Waals surface area (Å²) in [6.07, 6.45) is 3.90. The molecule has 0 radical (unpaired) electrons. The molecule has 1 aliphatic carbocycles. The zero-order valence-corrected chi connectivity index (χ0v) is 14.0. The number of benzene rings is 1. The van der Waals surface area contributed by atoms with Gasteiger partial charge in [0.25, 0.3) is 0 Å². The van der Waals surface area contributed by atoms with Crippen molar-refractivity contribution in [3.8, 4) is 0 Å². The summed E-state index contributed by atoms with van der Waals surface area (Å²) in [6.45, 7) is 3.99. The van der Waals surface area contributed by atoms with Crippen molar-refractivity contribution in [1.82, 2.24) is 4.90 Å². The highest BCUT2D eigenvalue weighted by atomic mass is 35.5. The predicted octanol–water partition coefficient (Wildman–Crippen LogP) is 3.25. The Labute approximate surface area is 134 Å². The molecule has 4 heteroatoms. The fraction of sp³-hybridized carbons (Fsp3) is 0.588. The van der Waals surface area contributed by atoms with Crippen LogP contribution < -0.4 is 5.73 Å². The fourth-order valence-corrected chi connectivity index (χ4v) is 3.21. The van der Waals surface area contributed by atoms with Crippen molar-refractivity contribution in [3.63, 3.8) is 0 Å². The van der Waals surface area contributed by atoms with Crippen LogP contribution in [0.15, 0.2) is 24.3 Å². The van der Waals surface area contributed by atoms with Crippen LogP contribution in [0, 0.1) is 6.92 Å². The largest absolute Gasteiger partial charge is 0.342 e. The third-order valence-corrected chi connectivity index (χ3v) is 4.37. The maximum Gasteiger partial charge on any atom is 0.224 e. The molecule has 0 aliphatic heterocycles. The fourth-order valence-electron chi connectivity index (χ4n) is 3.21. The molecule has 1 aromatic carbocycles. The van der Waals surface area contributed by atoms with Gasteiger partial charge in [0.05, 0.1) is 0 Å². The Bertz CT molecular complexity index is 458. The monoisotopic (exact) mass is 310 g/mol. The van der Waals surface area contributed by atoms with E-state index in [9.17, 15) is 4.79 Å². The third-order valence-electron chi connectivity index (χ3n) is 4.37. The molecule has 0 spiro atoms. The van der Waals surface area contributed by atoms with Crippen LogP contribution >= 0.6 is 12.4 Å². The molecule has 2 N–H and O–H groups in total. The Balaban J connectivity index is 0.00000220. The van der Waals surface area contributed by atoms with E-state index in [1.165, 1.54) is 24.0 Å². The van der Waals surface area contributed by atoms with Crippen LogP contribution in [0.1, 0.15) is 49.7 Å². The number of hydrogen-bond donors (Lipinski definition) is 1. The maximum atomic E-state index is 12.2. The van der Waals surface area contributed by atoms with Gasteiger partial charge in [-0.15, -0.1) is 12.4 Å². The van der Waals surface area contributed by atoms with Gasteiger partial charge in [0.2, 0.25) is 5.91 Å². The second-order valence-corrected chi connectivity index (χ2v) is 6.20. The topological polar surface area (TPSA) is 46.3 Å². The van der Waals surface area contributed by atoms with E-state index < -0.39 is 0 Å². The number of hydrogen-bond acceptors (Lipinski definition) is 2. The molecule has 1 aromatic rings. The minimum atomic E-state index is -0.0656. The molecule has 3 nitrogen and oxygen atoms in total. The quantitative estimate of drug-likeness (QED) is 0.928. The van der Waals surface area contributed by atoms with Crippen molar-refractivity contribution in [2.24, 2.45) is 5.73 Å². The van der Waals surface area contributed by atoms with E-state index in [2.05, 4.69) is 31.2 Å². The normalized spacial score (nSPS) is 22.5. The zero-order valence-electron chi connectivity index (χ0n) is 13.2. The van der Waals surface area contributed by atoms with E-state index in [-0.39, 0.29) is 24.4 Å².